The number of nitrogen functional groups attached to an aromatic ring is 1. The molecule has 1 atom stereocenters. The summed E-state index contributed by atoms with van der Waals surface area (Å²) < 4.78 is 1.89. The number of hydrogen-bond donors (Lipinski definition) is 1. The standard InChI is InChI=1S/C13H17ClN6/c1-8-9(6-18-19(8)2)10-4-3-5-20(10)13-11(14)12(15)16-7-17-13/h6-7,10H,3-5H2,1-2H3,(H2,15,16,17)/t10-/m1/s1. The Morgan fingerprint density at radius 3 is 2.90 bits per heavy atom. The van der Waals surface area contributed by atoms with E-state index in [4.69, 9.17) is 17.3 Å². The highest BCUT2D eigenvalue weighted by molar-refractivity contribution is 6.35. The van der Waals surface area contributed by atoms with Crippen molar-refractivity contribution in [1.29, 1.82) is 0 Å². The van der Waals surface area contributed by atoms with Gasteiger partial charge in [-0.3, -0.25) is 4.68 Å². The molecule has 0 spiro atoms. The molecule has 2 aromatic heterocycles. The van der Waals surface area contributed by atoms with E-state index in [1.807, 2.05) is 17.9 Å². The van der Waals surface area contributed by atoms with Crippen molar-refractivity contribution in [1.82, 2.24) is 19.7 Å². The molecule has 106 valence electrons. The molecule has 2 N–H and O–H groups in total. The Morgan fingerprint density at radius 2 is 2.20 bits per heavy atom. The van der Waals surface area contributed by atoms with E-state index in [1.54, 1.807) is 0 Å². The zero-order chi connectivity index (χ0) is 14.3. The van der Waals surface area contributed by atoms with Gasteiger partial charge in [-0.1, -0.05) is 11.6 Å². The van der Waals surface area contributed by atoms with Crippen LogP contribution >= 0.6 is 11.6 Å². The summed E-state index contributed by atoms with van der Waals surface area (Å²) in [6, 6.07) is 0.246. The van der Waals surface area contributed by atoms with Crippen LogP contribution in [0.2, 0.25) is 5.02 Å². The summed E-state index contributed by atoms with van der Waals surface area (Å²) in [5.74, 6) is 1.04. The fraction of sp³-hybridized carbons (Fsp3) is 0.462. The summed E-state index contributed by atoms with van der Waals surface area (Å²) in [5.41, 5.74) is 8.17. The quantitative estimate of drug-likeness (QED) is 0.917. The topological polar surface area (TPSA) is 72.9 Å². The second-order valence-electron chi connectivity index (χ2n) is 5.06. The van der Waals surface area contributed by atoms with E-state index >= 15 is 0 Å². The van der Waals surface area contributed by atoms with Gasteiger partial charge in [-0.2, -0.15) is 5.10 Å². The summed E-state index contributed by atoms with van der Waals surface area (Å²) >= 11 is 6.26. The minimum Gasteiger partial charge on any atom is -0.382 e. The minimum atomic E-state index is 0.246. The molecular formula is C13H17ClN6. The Bertz CT molecular complexity index is 638. The van der Waals surface area contributed by atoms with Crippen molar-refractivity contribution in [2.75, 3.05) is 17.2 Å². The third kappa shape index (κ3) is 2.00. The third-order valence-electron chi connectivity index (χ3n) is 3.96. The van der Waals surface area contributed by atoms with E-state index in [0.29, 0.717) is 16.7 Å². The molecule has 1 saturated heterocycles. The molecule has 3 heterocycles. The highest BCUT2D eigenvalue weighted by atomic mass is 35.5. The molecule has 2 aromatic rings. The van der Waals surface area contributed by atoms with Gasteiger partial charge >= 0.3 is 0 Å². The summed E-state index contributed by atoms with van der Waals surface area (Å²) in [5, 5.41) is 4.76. The number of rotatable bonds is 2. The van der Waals surface area contributed by atoms with Crippen LogP contribution in [0.5, 0.6) is 0 Å². The van der Waals surface area contributed by atoms with E-state index in [-0.39, 0.29) is 6.04 Å². The highest BCUT2D eigenvalue weighted by Gasteiger charge is 2.31. The smallest absolute Gasteiger partial charge is 0.153 e. The predicted octanol–water partition coefficient (Wildman–Crippen LogP) is 2.10. The monoisotopic (exact) mass is 292 g/mol. The molecule has 1 aliphatic heterocycles. The molecule has 0 saturated carbocycles. The largest absolute Gasteiger partial charge is 0.382 e. The second-order valence-corrected chi connectivity index (χ2v) is 5.43. The first-order chi connectivity index (χ1) is 9.59. The maximum Gasteiger partial charge on any atom is 0.153 e. The fourth-order valence-corrected chi connectivity index (χ4v) is 2.97. The van der Waals surface area contributed by atoms with Gasteiger partial charge in [0.2, 0.25) is 0 Å². The number of hydrogen-bond acceptors (Lipinski definition) is 5. The molecule has 0 aliphatic carbocycles. The summed E-state index contributed by atoms with van der Waals surface area (Å²) in [7, 11) is 1.95. The van der Waals surface area contributed by atoms with E-state index in [2.05, 4.69) is 26.9 Å². The van der Waals surface area contributed by atoms with Crippen LogP contribution in [0.1, 0.15) is 30.1 Å². The van der Waals surface area contributed by atoms with Crippen molar-refractivity contribution in [3.8, 4) is 0 Å². The number of nitrogens with zero attached hydrogens (tertiary/aromatic N) is 5. The Kier molecular flexibility index (Phi) is 3.25. The average molecular weight is 293 g/mol. The van der Waals surface area contributed by atoms with Crippen LogP contribution in [0.4, 0.5) is 11.6 Å². The van der Waals surface area contributed by atoms with Gasteiger partial charge in [-0.25, -0.2) is 9.97 Å². The molecule has 7 heteroatoms. The molecule has 20 heavy (non-hydrogen) atoms. The van der Waals surface area contributed by atoms with E-state index in [1.165, 1.54) is 17.6 Å². The second kappa shape index (κ2) is 4.94. The number of anilines is 2. The molecule has 3 rings (SSSR count). The van der Waals surface area contributed by atoms with Crippen molar-refractivity contribution in [3.05, 3.63) is 28.8 Å². The number of halogens is 1. The van der Waals surface area contributed by atoms with Crippen molar-refractivity contribution >= 4 is 23.2 Å². The number of aryl methyl sites for hydroxylation is 1. The van der Waals surface area contributed by atoms with Crippen molar-refractivity contribution < 1.29 is 0 Å². The molecule has 0 bridgehead atoms. The molecule has 0 amide bonds. The molecule has 1 fully saturated rings. The third-order valence-corrected chi connectivity index (χ3v) is 4.32. The summed E-state index contributed by atoms with van der Waals surface area (Å²) in [6.07, 6.45) is 5.55. The van der Waals surface area contributed by atoms with E-state index in [0.717, 1.165) is 19.4 Å². The maximum atomic E-state index is 6.26. The lowest BCUT2D eigenvalue weighted by Crippen LogP contribution is -2.24. The Morgan fingerprint density at radius 1 is 1.40 bits per heavy atom. The first-order valence-corrected chi connectivity index (χ1v) is 6.98. The van der Waals surface area contributed by atoms with Crippen LogP contribution < -0.4 is 10.6 Å². The van der Waals surface area contributed by atoms with Crippen LogP contribution in [-0.4, -0.2) is 26.3 Å². The van der Waals surface area contributed by atoms with Crippen LogP contribution in [0.15, 0.2) is 12.5 Å². The van der Waals surface area contributed by atoms with Crippen LogP contribution in [0, 0.1) is 6.92 Å². The summed E-state index contributed by atoms with van der Waals surface area (Å²) in [6.45, 7) is 2.99. The molecule has 0 aromatic carbocycles. The van der Waals surface area contributed by atoms with Crippen LogP contribution in [0.3, 0.4) is 0 Å². The lowest BCUT2D eigenvalue weighted by Gasteiger charge is -2.26. The van der Waals surface area contributed by atoms with Crippen molar-refractivity contribution in [2.24, 2.45) is 7.05 Å². The zero-order valence-electron chi connectivity index (χ0n) is 11.5. The van der Waals surface area contributed by atoms with Gasteiger partial charge in [0.1, 0.15) is 17.2 Å². The molecule has 1 aliphatic rings. The van der Waals surface area contributed by atoms with Crippen molar-refractivity contribution in [2.45, 2.75) is 25.8 Å². The summed E-state index contributed by atoms with van der Waals surface area (Å²) in [4.78, 5) is 10.4. The normalized spacial score (nSPS) is 18.8. The van der Waals surface area contributed by atoms with Crippen molar-refractivity contribution in [3.63, 3.8) is 0 Å². The lowest BCUT2D eigenvalue weighted by atomic mass is 10.1. The zero-order valence-corrected chi connectivity index (χ0v) is 12.3. The first kappa shape index (κ1) is 13.2. The van der Waals surface area contributed by atoms with Crippen LogP contribution in [0.25, 0.3) is 0 Å². The van der Waals surface area contributed by atoms with Gasteiger partial charge in [0, 0.05) is 24.8 Å². The van der Waals surface area contributed by atoms with Gasteiger partial charge in [-0.15, -0.1) is 0 Å². The maximum absolute atomic E-state index is 6.26. The molecule has 0 radical (unpaired) electrons. The van der Waals surface area contributed by atoms with Gasteiger partial charge in [0.25, 0.3) is 0 Å². The first-order valence-electron chi connectivity index (χ1n) is 6.60. The number of nitrogens with two attached hydrogens (primary N) is 1. The predicted molar refractivity (Wildman–Crippen MR) is 78.7 cm³/mol. The van der Waals surface area contributed by atoms with Gasteiger partial charge in [0.15, 0.2) is 5.82 Å². The Hall–Kier alpha value is -1.82. The Balaban J connectivity index is 2.01. The highest BCUT2D eigenvalue weighted by Crippen LogP contribution is 2.39. The lowest BCUT2D eigenvalue weighted by molar-refractivity contribution is 0.693. The van der Waals surface area contributed by atoms with Crippen LogP contribution in [-0.2, 0) is 7.05 Å². The molecule has 6 nitrogen and oxygen atoms in total. The van der Waals surface area contributed by atoms with Gasteiger partial charge in [0.05, 0.1) is 12.2 Å². The molecular weight excluding hydrogens is 276 g/mol. The minimum absolute atomic E-state index is 0.246. The fourth-order valence-electron chi connectivity index (χ4n) is 2.76. The Labute approximate surface area is 122 Å². The van der Waals surface area contributed by atoms with E-state index in [9.17, 15) is 0 Å². The number of aromatic nitrogens is 4. The SMILES string of the molecule is Cc1c([C@H]2CCCN2c2ncnc(N)c2Cl)cnn1C. The van der Waals surface area contributed by atoms with Gasteiger partial charge < -0.3 is 10.6 Å². The molecule has 0 unspecified atom stereocenters. The van der Waals surface area contributed by atoms with E-state index < -0.39 is 0 Å². The van der Waals surface area contributed by atoms with Gasteiger partial charge in [-0.05, 0) is 19.8 Å². The average Bonchev–Trinajstić information content (AvgIpc) is 3.01.